The lowest BCUT2D eigenvalue weighted by Crippen LogP contribution is -2.31. The summed E-state index contributed by atoms with van der Waals surface area (Å²) in [7, 11) is 0. The standard InChI is InChI=1S/C30H31N5O2S/c1-4-18-38-30-33-29-31-21(3)26(28(36)32-24-14-10-20(2)11-15-24)27(35(29)34-30)23-12-16-25(17-13-23)37-19-22-8-6-5-7-9-22/h5-17,27H,4,18-19H2,1-3H3,(H,32,36)(H,31,33,34). The summed E-state index contributed by atoms with van der Waals surface area (Å²) < 4.78 is 7.81. The first-order valence-electron chi connectivity index (χ1n) is 12.7. The van der Waals surface area contributed by atoms with E-state index >= 15 is 0 Å². The highest BCUT2D eigenvalue weighted by Gasteiger charge is 2.34. The number of carbonyl (C=O) groups is 1. The van der Waals surface area contributed by atoms with E-state index in [2.05, 4.69) is 17.6 Å². The molecular formula is C30H31N5O2S. The molecule has 5 rings (SSSR count). The zero-order chi connectivity index (χ0) is 26.5. The van der Waals surface area contributed by atoms with Gasteiger partial charge in [-0.1, -0.05) is 78.8 Å². The Bertz CT molecular complexity index is 1430. The molecular weight excluding hydrogens is 494 g/mol. The van der Waals surface area contributed by atoms with E-state index in [1.165, 1.54) is 0 Å². The number of benzene rings is 3. The average Bonchev–Trinajstić information content (AvgIpc) is 3.34. The number of nitrogens with zero attached hydrogens (tertiary/aromatic N) is 3. The lowest BCUT2D eigenvalue weighted by atomic mass is 9.95. The van der Waals surface area contributed by atoms with Crippen LogP contribution in [0.5, 0.6) is 5.75 Å². The van der Waals surface area contributed by atoms with Gasteiger partial charge in [0.2, 0.25) is 11.1 Å². The highest BCUT2D eigenvalue weighted by molar-refractivity contribution is 7.99. The minimum Gasteiger partial charge on any atom is -0.489 e. The molecule has 38 heavy (non-hydrogen) atoms. The smallest absolute Gasteiger partial charge is 0.255 e. The molecule has 0 spiro atoms. The fraction of sp³-hybridized carbons (Fsp3) is 0.233. The number of aromatic nitrogens is 3. The predicted octanol–water partition coefficient (Wildman–Crippen LogP) is 6.60. The molecule has 7 nitrogen and oxygen atoms in total. The van der Waals surface area contributed by atoms with E-state index in [4.69, 9.17) is 14.8 Å². The van der Waals surface area contributed by atoms with E-state index in [1.54, 1.807) is 11.8 Å². The second-order valence-electron chi connectivity index (χ2n) is 9.24. The summed E-state index contributed by atoms with van der Waals surface area (Å²) in [4.78, 5) is 18.4. The van der Waals surface area contributed by atoms with E-state index < -0.39 is 6.04 Å². The fourth-order valence-corrected chi connectivity index (χ4v) is 4.99. The average molecular weight is 526 g/mol. The van der Waals surface area contributed by atoms with E-state index in [-0.39, 0.29) is 5.91 Å². The Balaban J connectivity index is 1.45. The van der Waals surface area contributed by atoms with Crippen molar-refractivity contribution in [2.24, 2.45) is 0 Å². The van der Waals surface area contributed by atoms with Crippen molar-refractivity contribution in [3.63, 3.8) is 0 Å². The number of hydrogen-bond donors (Lipinski definition) is 2. The minimum absolute atomic E-state index is 0.183. The second kappa shape index (κ2) is 11.6. The monoisotopic (exact) mass is 525 g/mol. The summed E-state index contributed by atoms with van der Waals surface area (Å²) in [6.07, 6.45) is 1.03. The van der Waals surface area contributed by atoms with Gasteiger partial charge in [-0.25, -0.2) is 4.68 Å². The first-order chi connectivity index (χ1) is 18.5. The number of allylic oxidation sites excluding steroid dienone is 1. The lowest BCUT2D eigenvalue weighted by Gasteiger charge is -2.28. The molecule has 3 aromatic carbocycles. The number of hydrogen-bond acceptors (Lipinski definition) is 6. The number of fused-ring (bicyclic) bond motifs is 1. The van der Waals surface area contributed by atoms with Crippen LogP contribution < -0.4 is 15.4 Å². The van der Waals surface area contributed by atoms with Crippen LogP contribution in [0.2, 0.25) is 0 Å². The van der Waals surface area contributed by atoms with Crippen molar-refractivity contribution < 1.29 is 9.53 Å². The van der Waals surface area contributed by atoms with Gasteiger partial charge in [0.1, 0.15) is 18.4 Å². The molecule has 1 amide bonds. The summed E-state index contributed by atoms with van der Waals surface area (Å²) in [6, 6.07) is 25.3. The van der Waals surface area contributed by atoms with Crippen LogP contribution in [0.3, 0.4) is 0 Å². The predicted molar refractivity (Wildman–Crippen MR) is 153 cm³/mol. The van der Waals surface area contributed by atoms with Gasteiger partial charge >= 0.3 is 0 Å². The number of nitrogens with one attached hydrogen (secondary N) is 2. The van der Waals surface area contributed by atoms with Crippen LogP contribution in [0.1, 0.15) is 43.0 Å². The fourth-order valence-electron chi connectivity index (χ4n) is 4.31. The molecule has 1 aliphatic heterocycles. The molecule has 0 radical (unpaired) electrons. The maximum Gasteiger partial charge on any atom is 0.255 e. The lowest BCUT2D eigenvalue weighted by molar-refractivity contribution is -0.113. The molecule has 194 valence electrons. The summed E-state index contributed by atoms with van der Waals surface area (Å²) in [5.74, 6) is 2.13. The van der Waals surface area contributed by atoms with Crippen LogP contribution >= 0.6 is 11.8 Å². The third kappa shape index (κ3) is 5.75. The Kier molecular flexibility index (Phi) is 7.79. The Morgan fingerprint density at radius 3 is 2.47 bits per heavy atom. The van der Waals surface area contributed by atoms with E-state index in [1.807, 2.05) is 97.4 Å². The van der Waals surface area contributed by atoms with Crippen LogP contribution in [0, 0.1) is 6.92 Å². The van der Waals surface area contributed by atoms with Gasteiger partial charge in [0.15, 0.2) is 0 Å². The molecule has 4 aromatic rings. The number of aryl methyl sites for hydroxylation is 1. The summed E-state index contributed by atoms with van der Waals surface area (Å²) in [5.41, 5.74) is 5.24. The van der Waals surface area contributed by atoms with Crippen LogP contribution in [0.25, 0.3) is 0 Å². The largest absolute Gasteiger partial charge is 0.489 e. The first kappa shape index (κ1) is 25.6. The maximum absolute atomic E-state index is 13.7. The zero-order valence-electron chi connectivity index (χ0n) is 21.8. The topological polar surface area (TPSA) is 81.1 Å². The molecule has 1 aliphatic rings. The van der Waals surface area contributed by atoms with Gasteiger partial charge in [0, 0.05) is 17.1 Å². The molecule has 0 bridgehead atoms. The van der Waals surface area contributed by atoms with Gasteiger partial charge in [-0.15, -0.1) is 5.10 Å². The summed E-state index contributed by atoms with van der Waals surface area (Å²) >= 11 is 1.61. The van der Waals surface area contributed by atoms with Crippen molar-refractivity contribution in [1.82, 2.24) is 14.8 Å². The second-order valence-corrected chi connectivity index (χ2v) is 10.3. The number of carbonyl (C=O) groups excluding carboxylic acids is 1. The van der Waals surface area contributed by atoms with Gasteiger partial charge in [0.25, 0.3) is 5.91 Å². The van der Waals surface area contributed by atoms with Gasteiger partial charge in [-0.05, 0) is 55.7 Å². The highest BCUT2D eigenvalue weighted by Crippen LogP contribution is 2.37. The Labute approximate surface area is 227 Å². The van der Waals surface area contributed by atoms with Crippen LogP contribution in [-0.4, -0.2) is 26.4 Å². The maximum atomic E-state index is 13.7. The molecule has 1 aromatic heterocycles. The van der Waals surface area contributed by atoms with Crippen molar-refractivity contribution in [1.29, 1.82) is 0 Å². The Hall–Kier alpha value is -4.04. The van der Waals surface area contributed by atoms with Gasteiger partial charge < -0.3 is 15.4 Å². The molecule has 8 heteroatoms. The van der Waals surface area contributed by atoms with Crippen molar-refractivity contribution in [3.05, 3.63) is 107 Å². The molecule has 0 fully saturated rings. The summed E-state index contributed by atoms with van der Waals surface area (Å²) in [5, 5.41) is 11.8. The third-order valence-corrected chi connectivity index (χ3v) is 7.31. The normalized spacial score (nSPS) is 14.6. The number of thioether (sulfide) groups is 1. The molecule has 0 saturated heterocycles. The van der Waals surface area contributed by atoms with Crippen molar-refractivity contribution in [2.45, 2.75) is 45.0 Å². The van der Waals surface area contributed by atoms with Crippen LogP contribution in [-0.2, 0) is 11.4 Å². The van der Waals surface area contributed by atoms with E-state index in [9.17, 15) is 4.79 Å². The van der Waals surface area contributed by atoms with E-state index in [0.29, 0.717) is 23.3 Å². The van der Waals surface area contributed by atoms with Crippen LogP contribution in [0.15, 0.2) is 95.3 Å². The molecule has 2 heterocycles. The van der Waals surface area contributed by atoms with Crippen molar-refractivity contribution in [3.8, 4) is 5.75 Å². The molecule has 0 saturated carbocycles. The third-order valence-electron chi connectivity index (χ3n) is 6.27. The SMILES string of the molecule is CCCSc1nc2n(n1)C(c1ccc(OCc3ccccc3)cc1)C(C(=O)Nc1ccc(C)cc1)=C(C)N2. The number of anilines is 2. The number of rotatable bonds is 9. The summed E-state index contributed by atoms with van der Waals surface area (Å²) in [6.45, 7) is 6.55. The first-order valence-corrected chi connectivity index (χ1v) is 13.7. The van der Waals surface area contributed by atoms with Crippen molar-refractivity contribution >= 4 is 29.3 Å². The van der Waals surface area contributed by atoms with Crippen molar-refractivity contribution in [2.75, 3.05) is 16.4 Å². The van der Waals surface area contributed by atoms with E-state index in [0.717, 1.165) is 46.0 Å². The molecule has 2 N–H and O–H groups in total. The van der Waals surface area contributed by atoms with Gasteiger partial charge in [-0.3, -0.25) is 4.79 Å². The Morgan fingerprint density at radius 1 is 1.03 bits per heavy atom. The molecule has 1 atom stereocenters. The van der Waals surface area contributed by atoms with Crippen LogP contribution in [0.4, 0.5) is 11.6 Å². The quantitative estimate of drug-likeness (QED) is 0.240. The van der Waals surface area contributed by atoms with Gasteiger partial charge in [-0.2, -0.15) is 4.98 Å². The van der Waals surface area contributed by atoms with Gasteiger partial charge in [0.05, 0.1) is 5.57 Å². The Morgan fingerprint density at radius 2 is 1.76 bits per heavy atom. The number of ether oxygens (including phenoxy) is 1. The number of amides is 1. The zero-order valence-corrected chi connectivity index (χ0v) is 22.6. The molecule has 1 unspecified atom stereocenters. The minimum atomic E-state index is -0.441. The molecule has 0 aliphatic carbocycles. The highest BCUT2D eigenvalue weighted by atomic mass is 32.2.